The Morgan fingerprint density at radius 1 is 1.40 bits per heavy atom. The van der Waals surface area contributed by atoms with Crippen LogP contribution in [-0.2, 0) is 11.1 Å². The van der Waals surface area contributed by atoms with Gasteiger partial charge in [0.1, 0.15) is 0 Å². The Morgan fingerprint density at radius 3 is 2.73 bits per heavy atom. The number of aliphatic hydroxyl groups is 1. The second-order valence-corrected chi connectivity index (χ2v) is 3.42. The van der Waals surface area contributed by atoms with E-state index in [-0.39, 0.29) is 12.6 Å². The molecule has 0 aliphatic heterocycles. The predicted octanol–water partition coefficient (Wildman–Crippen LogP) is 0.750. The van der Waals surface area contributed by atoms with Crippen LogP contribution in [0.4, 0.5) is 0 Å². The van der Waals surface area contributed by atoms with Crippen molar-refractivity contribution in [1.29, 1.82) is 0 Å². The maximum Gasteiger partial charge on any atom is 0.395 e. The Kier molecular flexibility index (Phi) is 6.08. The van der Waals surface area contributed by atoms with E-state index in [1.54, 1.807) is 7.11 Å². The van der Waals surface area contributed by atoms with Crippen LogP contribution in [0.3, 0.4) is 0 Å². The van der Waals surface area contributed by atoms with E-state index in [0.717, 1.165) is 12.8 Å². The molecule has 1 unspecified atom stereocenters. The molecule has 0 spiro atoms. The van der Waals surface area contributed by atoms with Crippen molar-refractivity contribution >= 4 is 7.62 Å². The number of hydrogen-bond donors (Lipinski definition) is 2. The average molecular weight is 206 g/mol. The smallest absolute Gasteiger partial charge is 0.395 e. The topological polar surface area (TPSA) is 41.5 Å². The zero-order valence-electron chi connectivity index (χ0n) is 9.02. The third-order valence-electron chi connectivity index (χ3n) is 2.27. The largest absolute Gasteiger partial charge is 0.427 e. The van der Waals surface area contributed by atoms with Crippen LogP contribution in [0.2, 0.25) is 0 Å². The van der Waals surface area contributed by atoms with Gasteiger partial charge in [0.25, 0.3) is 0 Å². The van der Waals surface area contributed by atoms with E-state index in [4.69, 9.17) is 9.76 Å². The normalized spacial score (nSPS) is 12.4. The fourth-order valence-electron chi connectivity index (χ4n) is 1.38. The molecular formula is C11H17BNO2. The van der Waals surface area contributed by atoms with Gasteiger partial charge in [-0.3, -0.25) is 0 Å². The Hall–Kier alpha value is -0.835. The van der Waals surface area contributed by atoms with Gasteiger partial charge in [0.15, 0.2) is 0 Å². The first-order valence-corrected chi connectivity index (χ1v) is 5.12. The summed E-state index contributed by atoms with van der Waals surface area (Å²) in [5, 5.41) is 12.1. The fourth-order valence-corrected chi connectivity index (χ4v) is 1.38. The molecule has 0 aliphatic rings. The van der Waals surface area contributed by atoms with Gasteiger partial charge < -0.3 is 15.0 Å². The lowest BCUT2D eigenvalue weighted by atomic mass is 10.0. The van der Waals surface area contributed by atoms with Crippen molar-refractivity contribution in [3.63, 3.8) is 0 Å². The molecule has 3 nitrogen and oxygen atoms in total. The zero-order chi connectivity index (χ0) is 10.9. The van der Waals surface area contributed by atoms with E-state index in [2.05, 4.69) is 17.4 Å². The van der Waals surface area contributed by atoms with Crippen LogP contribution in [0, 0.1) is 0 Å². The van der Waals surface area contributed by atoms with Crippen molar-refractivity contribution in [1.82, 2.24) is 5.23 Å². The van der Waals surface area contributed by atoms with Crippen molar-refractivity contribution in [3.05, 3.63) is 35.9 Å². The number of benzene rings is 1. The molecule has 0 saturated carbocycles. The number of aliphatic hydroxyl groups excluding tert-OH is 1. The first-order valence-electron chi connectivity index (χ1n) is 5.12. The summed E-state index contributed by atoms with van der Waals surface area (Å²) in [6.45, 7) is 0.118. The Labute approximate surface area is 91.8 Å². The second-order valence-electron chi connectivity index (χ2n) is 3.42. The van der Waals surface area contributed by atoms with Gasteiger partial charge in [-0.2, -0.15) is 0 Å². The molecule has 0 heterocycles. The highest BCUT2D eigenvalue weighted by molar-refractivity contribution is 6.23. The molecule has 0 bridgehead atoms. The molecule has 0 aliphatic carbocycles. The summed E-state index contributed by atoms with van der Waals surface area (Å²) in [5.41, 5.74) is 1.29. The fraction of sp³-hybridized carbons (Fsp3) is 0.455. The number of rotatable bonds is 7. The molecular weight excluding hydrogens is 189 g/mol. The standard InChI is InChI=1S/C11H17BNO2/c1-15-12-13-11(9-14)8-7-10-5-3-2-4-6-10/h2-6,11,13-14H,7-9H2,1H3. The molecule has 1 aromatic carbocycles. The van der Waals surface area contributed by atoms with Gasteiger partial charge in [-0.15, -0.1) is 0 Å². The molecule has 0 aromatic heterocycles. The van der Waals surface area contributed by atoms with Crippen LogP contribution in [0.25, 0.3) is 0 Å². The van der Waals surface area contributed by atoms with E-state index < -0.39 is 0 Å². The molecule has 1 aromatic rings. The average Bonchev–Trinajstić information content (AvgIpc) is 2.31. The van der Waals surface area contributed by atoms with Crippen molar-refractivity contribution in [2.75, 3.05) is 13.7 Å². The first kappa shape index (κ1) is 12.2. The monoisotopic (exact) mass is 206 g/mol. The van der Waals surface area contributed by atoms with Gasteiger partial charge in [0.2, 0.25) is 0 Å². The lowest BCUT2D eigenvalue weighted by Gasteiger charge is -2.14. The highest BCUT2D eigenvalue weighted by Gasteiger charge is 2.06. The maximum atomic E-state index is 9.09. The summed E-state index contributed by atoms with van der Waals surface area (Å²) < 4.78 is 4.78. The first-order chi connectivity index (χ1) is 7.36. The second kappa shape index (κ2) is 7.46. The molecule has 1 atom stereocenters. The Bertz CT molecular complexity index is 256. The molecule has 81 valence electrons. The summed E-state index contributed by atoms with van der Waals surface area (Å²) >= 11 is 0. The lowest BCUT2D eigenvalue weighted by Crippen LogP contribution is -2.36. The molecule has 2 N–H and O–H groups in total. The van der Waals surface area contributed by atoms with Gasteiger partial charge in [0, 0.05) is 13.2 Å². The van der Waals surface area contributed by atoms with Crippen molar-refractivity contribution < 1.29 is 9.76 Å². The van der Waals surface area contributed by atoms with Crippen molar-refractivity contribution in [2.45, 2.75) is 18.9 Å². The van der Waals surface area contributed by atoms with Crippen LogP contribution in [-0.4, -0.2) is 32.5 Å². The minimum absolute atomic E-state index is 0.0603. The van der Waals surface area contributed by atoms with E-state index in [1.807, 2.05) is 18.2 Å². The van der Waals surface area contributed by atoms with E-state index in [0.29, 0.717) is 0 Å². The van der Waals surface area contributed by atoms with E-state index >= 15 is 0 Å². The Morgan fingerprint density at radius 2 is 2.13 bits per heavy atom. The lowest BCUT2D eigenvalue weighted by molar-refractivity contribution is 0.246. The summed E-state index contributed by atoms with van der Waals surface area (Å²) in [4.78, 5) is 0. The third kappa shape index (κ3) is 4.97. The highest BCUT2D eigenvalue weighted by Crippen LogP contribution is 2.04. The van der Waals surface area contributed by atoms with Gasteiger partial charge in [-0.05, 0) is 18.4 Å². The minimum atomic E-state index is 0.0603. The predicted molar refractivity (Wildman–Crippen MR) is 61.5 cm³/mol. The van der Waals surface area contributed by atoms with Gasteiger partial charge in [-0.25, -0.2) is 0 Å². The quantitative estimate of drug-likeness (QED) is 0.647. The van der Waals surface area contributed by atoms with Crippen LogP contribution < -0.4 is 5.23 Å². The van der Waals surface area contributed by atoms with Crippen LogP contribution in [0.15, 0.2) is 30.3 Å². The molecule has 1 rings (SSSR count). The van der Waals surface area contributed by atoms with Crippen molar-refractivity contribution in [3.8, 4) is 0 Å². The third-order valence-corrected chi connectivity index (χ3v) is 2.27. The van der Waals surface area contributed by atoms with E-state index in [9.17, 15) is 0 Å². The summed E-state index contributed by atoms with van der Waals surface area (Å²) in [6.07, 6.45) is 1.84. The van der Waals surface area contributed by atoms with Gasteiger partial charge in [-0.1, -0.05) is 30.3 Å². The van der Waals surface area contributed by atoms with E-state index in [1.165, 1.54) is 13.2 Å². The van der Waals surface area contributed by atoms with Crippen LogP contribution in [0.1, 0.15) is 12.0 Å². The van der Waals surface area contributed by atoms with Crippen LogP contribution in [0.5, 0.6) is 0 Å². The molecule has 0 saturated heterocycles. The molecule has 1 radical (unpaired) electrons. The highest BCUT2D eigenvalue weighted by atomic mass is 16.4. The maximum absolute atomic E-state index is 9.09. The SMILES string of the molecule is CO[B]NC(CO)CCc1ccccc1. The zero-order valence-corrected chi connectivity index (χ0v) is 9.02. The van der Waals surface area contributed by atoms with Crippen LogP contribution >= 0.6 is 0 Å². The molecule has 0 fully saturated rings. The van der Waals surface area contributed by atoms with Crippen molar-refractivity contribution in [2.24, 2.45) is 0 Å². The summed E-state index contributed by atoms with van der Waals surface area (Å²) in [7, 11) is 3.09. The molecule has 15 heavy (non-hydrogen) atoms. The van der Waals surface area contributed by atoms with Gasteiger partial charge in [0.05, 0.1) is 6.61 Å². The number of aryl methyl sites for hydroxylation is 1. The van der Waals surface area contributed by atoms with Gasteiger partial charge >= 0.3 is 7.62 Å². The minimum Gasteiger partial charge on any atom is -0.427 e. The summed E-state index contributed by atoms with van der Waals surface area (Å²) in [5.74, 6) is 0. The Balaban J connectivity index is 2.28. The number of hydrogen-bond acceptors (Lipinski definition) is 3. The summed E-state index contributed by atoms with van der Waals surface area (Å²) in [6, 6.07) is 10.3. The number of nitrogens with one attached hydrogen (secondary N) is 1. The molecule has 4 heteroatoms. The molecule has 0 amide bonds.